The van der Waals surface area contributed by atoms with Gasteiger partial charge in [0.25, 0.3) is 5.91 Å². The van der Waals surface area contributed by atoms with Crippen LogP contribution in [0.3, 0.4) is 0 Å². The van der Waals surface area contributed by atoms with E-state index in [1.165, 1.54) is 6.08 Å². The van der Waals surface area contributed by atoms with Gasteiger partial charge in [0.1, 0.15) is 24.2 Å². The van der Waals surface area contributed by atoms with E-state index >= 15 is 0 Å². The Kier molecular flexibility index (Phi) is 9.20. The fraction of sp³-hybridized carbons (Fsp3) is 0.594. The summed E-state index contributed by atoms with van der Waals surface area (Å²) in [5.74, 6) is -2.45. The van der Waals surface area contributed by atoms with Crippen molar-refractivity contribution in [2.24, 2.45) is 11.8 Å². The van der Waals surface area contributed by atoms with E-state index in [-0.39, 0.29) is 31.6 Å². The van der Waals surface area contributed by atoms with E-state index in [2.05, 4.69) is 13.2 Å². The second-order valence-electron chi connectivity index (χ2n) is 11.4. The maximum Gasteiger partial charge on any atom is 0.313 e. The number of aliphatic hydroxyl groups excluding tert-OH is 1. The van der Waals surface area contributed by atoms with Crippen molar-refractivity contribution in [3.05, 3.63) is 54.6 Å². The third-order valence-electron chi connectivity index (χ3n) is 9.11. The van der Waals surface area contributed by atoms with Crippen LogP contribution in [0.2, 0.25) is 0 Å². The second-order valence-corrected chi connectivity index (χ2v) is 11.4. The van der Waals surface area contributed by atoms with Gasteiger partial charge in [-0.3, -0.25) is 14.4 Å². The predicted molar refractivity (Wildman–Crippen MR) is 154 cm³/mol. The number of hydrogen-bond acceptors (Lipinski definition) is 6. The number of unbranched alkanes of at least 4 members (excludes halogenated alkanes) is 3. The van der Waals surface area contributed by atoms with E-state index in [0.717, 1.165) is 29.7 Å². The number of benzene rings is 1. The van der Waals surface area contributed by atoms with Crippen LogP contribution in [0.5, 0.6) is 0 Å². The molecule has 2 amide bonds. The maximum absolute atomic E-state index is 14.7. The van der Waals surface area contributed by atoms with E-state index in [1.807, 2.05) is 39.0 Å². The monoisotopic (exact) mass is 552 g/mol. The number of aryl methyl sites for hydroxylation is 2. The molecule has 1 aromatic rings. The summed E-state index contributed by atoms with van der Waals surface area (Å²) in [6.45, 7) is 14.3. The van der Waals surface area contributed by atoms with Crippen molar-refractivity contribution in [3.63, 3.8) is 0 Å². The van der Waals surface area contributed by atoms with Gasteiger partial charge in [0.2, 0.25) is 5.91 Å². The third-order valence-corrected chi connectivity index (χ3v) is 9.11. The lowest BCUT2D eigenvalue weighted by atomic mass is 9.65. The summed E-state index contributed by atoms with van der Waals surface area (Å²) in [7, 11) is 0. The number of anilines is 1. The number of likely N-dealkylation sites (tertiary alicyclic amines) is 1. The molecule has 8 nitrogen and oxygen atoms in total. The van der Waals surface area contributed by atoms with Crippen LogP contribution in [-0.4, -0.2) is 71.3 Å². The van der Waals surface area contributed by atoms with Gasteiger partial charge in [-0.2, -0.15) is 0 Å². The zero-order valence-corrected chi connectivity index (χ0v) is 24.2. The summed E-state index contributed by atoms with van der Waals surface area (Å²) in [6.07, 6.45) is 7.90. The molecule has 8 heteroatoms. The Hall–Kier alpha value is -2.97. The van der Waals surface area contributed by atoms with Crippen LogP contribution in [0.4, 0.5) is 5.69 Å². The van der Waals surface area contributed by atoms with Crippen molar-refractivity contribution in [2.75, 3.05) is 31.2 Å². The number of nitrogens with zero attached hydrogens (tertiary/aromatic N) is 2. The number of carbonyl (C=O) groups is 3. The molecule has 1 aromatic carbocycles. The largest absolute Gasteiger partial charge is 0.461 e. The molecule has 3 saturated heterocycles. The molecule has 40 heavy (non-hydrogen) atoms. The van der Waals surface area contributed by atoms with Gasteiger partial charge in [-0.05, 0) is 57.1 Å². The number of hydrogen-bond donors (Lipinski definition) is 1. The minimum atomic E-state index is -1.11. The molecular formula is C32H44N2O6. The third kappa shape index (κ3) is 4.90. The highest BCUT2D eigenvalue weighted by Crippen LogP contribution is 2.64. The lowest BCUT2D eigenvalue weighted by Crippen LogP contribution is -2.56. The van der Waals surface area contributed by atoms with Gasteiger partial charge in [-0.25, -0.2) is 0 Å². The molecule has 0 aromatic heterocycles. The van der Waals surface area contributed by atoms with Crippen LogP contribution < -0.4 is 4.90 Å². The van der Waals surface area contributed by atoms with Crippen molar-refractivity contribution >= 4 is 23.5 Å². The van der Waals surface area contributed by atoms with Crippen LogP contribution in [0.15, 0.2) is 43.5 Å². The zero-order chi connectivity index (χ0) is 29.1. The zero-order valence-electron chi connectivity index (χ0n) is 24.2. The van der Waals surface area contributed by atoms with Crippen LogP contribution in [0, 0.1) is 25.7 Å². The van der Waals surface area contributed by atoms with Gasteiger partial charge in [0.15, 0.2) is 0 Å². The summed E-state index contributed by atoms with van der Waals surface area (Å²) in [5, 5.41) is 9.18. The summed E-state index contributed by atoms with van der Waals surface area (Å²) in [6, 6.07) is 5.04. The molecule has 0 aliphatic carbocycles. The quantitative estimate of drug-likeness (QED) is 0.211. The topological polar surface area (TPSA) is 96.4 Å². The summed E-state index contributed by atoms with van der Waals surface area (Å²) in [5.41, 5.74) is 0.769. The highest BCUT2D eigenvalue weighted by atomic mass is 16.6. The first-order chi connectivity index (χ1) is 19.2. The highest BCUT2D eigenvalue weighted by molar-refractivity contribution is 6.05. The molecular weight excluding hydrogens is 508 g/mol. The van der Waals surface area contributed by atoms with E-state index in [9.17, 15) is 19.5 Å². The second kappa shape index (κ2) is 12.3. The summed E-state index contributed by atoms with van der Waals surface area (Å²) >= 11 is 0. The van der Waals surface area contributed by atoms with Gasteiger partial charge in [-0.15, -0.1) is 6.58 Å². The van der Waals surface area contributed by atoms with Gasteiger partial charge in [-0.1, -0.05) is 56.7 Å². The Morgan fingerprint density at radius 1 is 1.15 bits per heavy atom. The van der Waals surface area contributed by atoms with Crippen molar-refractivity contribution < 1.29 is 29.0 Å². The molecule has 218 valence electrons. The number of ether oxygens (including phenoxy) is 2. The van der Waals surface area contributed by atoms with Crippen molar-refractivity contribution in [1.82, 2.24) is 4.90 Å². The van der Waals surface area contributed by atoms with Gasteiger partial charge >= 0.3 is 5.97 Å². The predicted octanol–water partition coefficient (Wildman–Crippen LogP) is 4.26. The first kappa shape index (κ1) is 30.0. The summed E-state index contributed by atoms with van der Waals surface area (Å²) in [4.78, 5) is 45.9. The molecule has 3 heterocycles. The van der Waals surface area contributed by atoms with Crippen LogP contribution >= 0.6 is 0 Å². The Morgan fingerprint density at radius 3 is 2.48 bits per heavy atom. The Labute approximate surface area is 238 Å². The fourth-order valence-corrected chi connectivity index (χ4v) is 7.37. The van der Waals surface area contributed by atoms with Crippen LogP contribution in [-0.2, 0) is 23.9 Å². The SMILES string of the molecule is C=CCOC(=O)[C@H]1[C@H]2C(=O)N(CCCCCCO)C(C(=O)N(CC=C)c3c(C)cccc3C)C23CC[C@]1(CC)O3. The van der Waals surface area contributed by atoms with Crippen LogP contribution in [0.1, 0.15) is 63.0 Å². The average Bonchev–Trinajstić information content (AvgIpc) is 3.54. The van der Waals surface area contributed by atoms with E-state index in [0.29, 0.717) is 38.6 Å². The molecule has 3 fully saturated rings. The smallest absolute Gasteiger partial charge is 0.313 e. The average molecular weight is 553 g/mol. The first-order valence-electron chi connectivity index (χ1n) is 14.6. The molecule has 4 rings (SSSR count). The Morgan fingerprint density at radius 2 is 1.85 bits per heavy atom. The van der Waals surface area contributed by atoms with E-state index in [4.69, 9.17) is 9.47 Å². The number of para-hydroxylation sites is 1. The molecule has 1 spiro atoms. The highest BCUT2D eigenvalue weighted by Gasteiger charge is 2.79. The maximum atomic E-state index is 14.7. The molecule has 0 saturated carbocycles. The van der Waals surface area contributed by atoms with Crippen LogP contribution in [0.25, 0.3) is 0 Å². The summed E-state index contributed by atoms with van der Waals surface area (Å²) < 4.78 is 12.4. The van der Waals surface area contributed by atoms with Gasteiger partial charge in [0, 0.05) is 25.4 Å². The normalized spacial score (nSPS) is 28.4. The number of rotatable bonds is 14. The molecule has 3 aliphatic rings. The van der Waals surface area contributed by atoms with E-state index in [1.54, 1.807) is 15.9 Å². The van der Waals surface area contributed by atoms with Crippen molar-refractivity contribution in [3.8, 4) is 0 Å². The fourth-order valence-electron chi connectivity index (χ4n) is 7.37. The molecule has 2 unspecified atom stereocenters. The van der Waals surface area contributed by atoms with Gasteiger partial charge < -0.3 is 24.4 Å². The number of carbonyl (C=O) groups excluding carboxylic acids is 3. The standard InChI is InChI=1S/C32H44N2O6/c1-6-18-33(26-22(4)14-13-15-23(26)5)29(37)27-32-17-16-31(8-3,40-32)25(30(38)39-21-7-2)24(32)28(36)34(27)19-11-9-10-12-20-35/h6-7,13-15,24-25,27,35H,1-2,8-12,16-21H2,3-5H3/t24-,25+,27?,31-,32?/m0/s1. The Bertz CT molecular complexity index is 1130. The van der Waals surface area contributed by atoms with Crippen molar-refractivity contribution in [2.45, 2.75) is 83.0 Å². The number of aliphatic hydroxyl groups is 1. The number of amides is 2. The van der Waals surface area contributed by atoms with E-state index < -0.39 is 35.0 Å². The molecule has 5 atom stereocenters. The molecule has 0 radical (unpaired) electrons. The lowest BCUT2D eigenvalue weighted by Gasteiger charge is -2.37. The number of fused-ring (bicyclic) bond motifs is 1. The minimum absolute atomic E-state index is 0.0552. The number of esters is 1. The molecule has 2 bridgehead atoms. The Balaban J connectivity index is 1.78. The minimum Gasteiger partial charge on any atom is -0.461 e. The van der Waals surface area contributed by atoms with Gasteiger partial charge in [0.05, 0.1) is 11.5 Å². The lowest BCUT2D eigenvalue weighted by molar-refractivity contribution is -0.159. The molecule has 3 aliphatic heterocycles. The van der Waals surface area contributed by atoms with Crippen molar-refractivity contribution in [1.29, 1.82) is 0 Å². The molecule has 1 N–H and O–H groups in total. The first-order valence-corrected chi connectivity index (χ1v) is 14.6.